The predicted octanol–water partition coefficient (Wildman–Crippen LogP) is 3.05. The van der Waals surface area contributed by atoms with Crippen LogP contribution in [0.4, 0.5) is 0 Å². The normalized spacial score (nSPS) is 15.8. The highest BCUT2D eigenvalue weighted by Gasteiger charge is 2.35. The molecule has 31 heavy (non-hydrogen) atoms. The molecule has 7 nitrogen and oxygen atoms in total. The molecule has 0 fully saturated rings. The van der Waals surface area contributed by atoms with Crippen LogP contribution in [-0.2, 0) is 17.9 Å². The van der Waals surface area contributed by atoms with E-state index in [0.29, 0.717) is 18.3 Å². The molecular formula is C24H35N5O2. The van der Waals surface area contributed by atoms with E-state index >= 15 is 0 Å². The first kappa shape index (κ1) is 23.0. The third-order valence-electron chi connectivity index (χ3n) is 5.88. The molecule has 2 aromatic rings. The van der Waals surface area contributed by atoms with Crippen molar-refractivity contribution >= 4 is 11.8 Å². The number of likely N-dealkylation sites (N-methyl/N-ethyl adjacent to an activating group) is 1. The zero-order valence-corrected chi connectivity index (χ0v) is 19.5. The third-order valence-corrected chi connectivity index (χ3v) is 5.88. The molecule has 0 saturated heterocycles. The Morgan fingerprint density at radius 3 is 2.35 bits per heavy atom. The van der Waals surface area contributed by atoms with Crippen LogP contribution >= 0.6 is 0 Å². The van der Waals surface area contributed by atoms with Gasteiger partial charge >= 0.3 is 0 Å². The standard InChI is InChI=1S/C24H35N5O2/c1-16(2)28-13-10-14-29-18(15-28)19(26-21(29)17-11-8-7-9-12-17)22(30)27-20(23(31)25-6)24(3,4)5/h7-9,11-12,16,20H,10,13-15H2,1-6H3,(H,25,31)(H,27,30). The number of nitrogens with zero attached hydrogens (tertiary/aromatic N) is 3. The molecule has 2 amide bonds. The van der Waals surface area contributed by atoms with Gasteiger partial charge in [0.1, 0.15) is 11.9 Å². The number of benzene rings is 1. The Kier molecular flexibility index (Phi) is 6.84. The number of hydrogen-bond acceptors (Lipinski definition) is 4. The van der Waals surface area contributed by atoms with Gasteiger partial charge in [-0.3, -0.25) is 14.5 Å². The number of aromatic nitrogens is 2. The summed E-state index contributed by atoms with van der Waals surface area (Å²) in [6.45, 7) is 12.6. The summed E-state index contributed by atoms with van der Waals surface area (Å²) >= 11 is 0. The Balaban J connectivity index is 2.06. The van der Waals surface area contributed by atoms with Gasteiger partial charge in [-0.05, 0) is 25.7 Å². The minimum absolute atomic E-state index is 0.210. The van der Waals surface area contributed by atoms with Crippen LogP contribution in [0.1, 0.15) is 57.2 Å². The SMILES string of the molecule is CNC(=O)C(NC(=O)c1nc(-c2ccccc2)n2c1CN(C(C)C)CCC2)C(C)(C)C. The fourth-order valence-electron chi connectivity index (χ4n) is 4.04. The lowest BCUT2D eigenvalue weighted by Crippen LogP contribution is -2.53. The largest absolute Gasteiger partial charge is 0.357 e. The van der Waals surface area contributed by atoms with E-state index in [0.717, 1.165) is 36.6 Å². The molecule has 1 aromatic heterocycles. The molecule has 0 saturated carbocycles. The van der Waals surface area contributed by atoms with E-state index in [-0.39, 0.29) is 11.8 Å². The summed E-state index contributed by atoms with van der Waals surface area (Å²) in [6, 6.07) is 9.68. The van der Waals surface area contributed by atoms with Crippen molar-refractivity contribution in [2.75, 3.05) is 13.6 Å². The van der Waals surface area contributed by atoms with Gasteiger partial charge < -0.3 is 15.2 Å². The van der Waals surface area contributed by atoms with E-state index in [2.05, 4.69) is 33.9 Å². The van der Waals surface area contributed by atoms with Crippen molar-refractivity contribution in [1.82, 2.24) is 25.1 Å². The topological polar surface area (TPSA) is 79.3 Å². The van der Waals surface area contributed by atoms with Gasteiger partial charge in [0.2, 0.25) is 5.91 Å². The van der Waals surface area contributed by atoms with Gasteiger partial charge in [-0.1, -0.05) is 51.1 Å². The molecule has 0 bridgehead atoms. The van der Waals surface area contributed by atoms with Crippen LogP contribution < -0.4 is 10.6 Å². The number of nitrogens with one attached hydrogen (secondary N) is 2. The molecule has 1 atom stereocenters. The Morgan fingerprint density at radius 2 is 1.77 bits per heavy atom. The Hall–Kier alpha value is -2.67. The number of carbonyl (C=O) groups excluding carboxylic acids is 2. The second kappa shape index (κ2) is 9.22. The predicted molar refractivity (Wildman–Crippen MR) is 123 cm³/mol. The van der Waals surface area contributed by atoms with E-state index < -0.39 is 11.5 Å². The zero-order valence-electron chi connectivity index (χ0n) is 19.5. The Labute approximate surface area is 185 Å². The fraction of sp³-hybridized carbons (Fsp3) is 0.542. The van der Waals surface area contributed by atoms with Crippen LogP contribution in [0.15, 0.2) is 30.3 Å². The van der Waals surface area contributed by atoms with Crippen LogP contribution in [0.3, 0.4) is 0 Å². The maximum absolute atomic E-state index is 13.4. The fourth-order valence-corrected chi connectivity index (χ4v) is 4.04. The van der Waals surface area contributed by atoms with Crippen LogP contribution in [0.25, 0.3) is 11.4 Å². The van der Waals surface area contributed by atoms with E-state index in [1.165, 1.54) is 0 Å². The maximum Gasteiger partial charge on any atom is 0.272 e. The lowest BCUT2D eigenvalue weighted by molar-refractivity contribution is -0.124. The summed E-state index contributed by atoms with van der Waals surface area (Å²) in [4.78, 5) is 33.1. The minimum atomic E-state index is -0.658. The van der Waals surface area contributed by atoms with Gasteiger partial charge in [0.15, 0.2) is 5.69 Å². The summed E-state index contributed by atoms with van der Waals surface area (Å²) < 4.78 is 2.18. The molecule has 0 radical (unpaired) electrons. The highest BCUT2D eigenvalue weighted by Crippen LogP contribution is 2.28. The smallest absolute Gasteiger partial charge is 0.272 e. The second-order valence-electron chi connectivity index (χ2n) is 9.55. The van der Waals surface area contributed by atoms with Crippen LogP contribution in [-0.4, -0.2) is 51.9 Å². The molecule has 1 aliphatic rings. The second-order valence-corrected chi connectivity index (χ2v) is 9.55. The van der Waals surface area contributed by atoms with Crippen LogP contribution in [0, 0.1) is 5.41 Å². The number of imidazole rings is 1. The van der Waals surface area contributed by atoms with Crippen LogP contribution in [0.5, 0.6) is 0 Å². The van der Waals surface area contributed by atoms with Crippen LogP contribution in [0.2, 0.25) is 0 Å². The van der Waals surface area contributed by atoms with Crippen molar-refractivity contribution in [2.45, 2.75) is 66.2 Å². The van der Waals surface area contributed by atoms with E-state index in [1.807, 2.05) is 51.1 Å². The number of carbonyl (C=O) groups is 2. The lowest BCUT2D eigenvalue weighted by Gasteiger charge is -2.30. The van der Waals surface area contributed by atoms with Gasteiger partial charge in [-0.25, -0.2) is 4.98 Å². The first-order valence-electron chi connectivity index (χ1n) is 11.0. The van der Waals surface area contributed by atoms with E-state index in [1.54, 1.807) is 7.05 Å². The highest BCUT2D eigenvalue weighted by atomic mass is 16.2. The minimum Gasteiger partial charge on any atom is -0.357 e. The number of hydrogen-bond donors (Lipinski definition) is 2. The molecule has 2 heterocycles. The van der Waals surface area contributed by atoms with Crippen molar-refractivity contribution < 1.29 is 9.59 Å². The molecule has 168 valence electrons. The van der Waals surface area contributed by atoms with E-state index in [9.17, 15) is 9.59 Å². The quantitative estimate of drug-likeness (QED) is 0.772. The highest BCUT2D eigenvalue weighted by molar-refractivity contribution is 5.97. The Morgan fingerprint density at radius 1 is 1.10 bits per heavy atom. The molecule has 1 aromatic carbocycles. The molecule has 0 aliphatic carbocycles. The van der Waals surface area contributed by atoms with Gasteiger partial charge in [0.25, 0.3) is 5.91 Å². The maximum atomic E-state index is 13.4. The van der Waals surface area contributed by atoms with Crippen molar-refractivity contribution in [3.05, 3.63) is 41.7 Å². The lowest BCUT2D eigenvalue weighted by atomic mass is 9.86. The molecular weight excluding hydrogens is 390 g/mol. The molecule has 7 heteroatoms. The summed E-state index contributed by atoms with van der Waals surface area (Å²) in [5.74, 6) is 0.289. The number of fused-ring (bicyclic) bond motifs is 1. The molecule has 1 aliphatic heterocycles. The third kappa shape index (κ3) is 4.98. The molecule has 0 spiro atoms. The first-order valence-corrected chi connectivity index (χ1v) is 11.0. The number of amides is 2. The summed E-state index contributed by atoms with van der Waals surface area (Å²) in [7, 11) is 1.59. The number of rotatable bonds is 5. The average Bonchev–Trinajstić information content (AvgIpc) is 2.93. The monoisotopic (exact) mass is 425 g/mol. The van der Waals surface area contributed by atoms with Crippen molar-refractivity contribution in [3.63, 3.8) is 0 Å². The summed E-state index contributed by atoms with van der Waals surface area (Å²) in [6.07, 6.45) is 0.991. The van der Waals surface area contributed by atoms with Crippen molar-refractivity contribution in [3.8, 4) is 11.4 Å². The van der Waals surface area contributed by atoms with E-state index in [4.69, 9.17) is 4.98 Å². The Bertz CT molecular complexity index is 927. The molecule has 3 rings (SSSR count). The van der Waals surface area contributed by atoms with Gasteiger partial charge in [-0.15, -0.1) is 0 Å². The molecule has 1 unspecified atom stereocenters. The van der Waals surface area contributed by atoms with Crippen molar-refractivity contribution in [2.24, 2.45) is 5.41 Å². The first-order chi connectivity index (χ1) is 14.6. The van der Waals surface area contributed by atoms with Gasteiger partial charge in [0, 0.05) is 38.3 Å². The van der Waals surface area contributed by atoms with Gasteiger partial charge in [-0.2, -0.15) is 0 Å². The van der Waals surface area contributed by atoms with Crippen molar-refractivity contribution in [1.29, 1.82) is 0 Å². The average molecular weight is 426 g/mol. The zero-order chi connectivity index (χ0) is 22.8. The summed E-state index contributed by atoms with van der Waals surface area (Å²) in [5, 5.41) is 5.62. The molecule has 2 N–H and O–H groups in total. The summed E-state index contributed by atoms with van der Waals surface area (Å²) in [5.41, 5.74) is 1.87. The van der Waals surface area contributed by atoms with Gasteiger partial charge in [0.05, 0.1) is 5.69 Å².